The first kappa shape index (κ1) is 19.8. The Morgan fingerprint density at radius 3 is 2.72 bits per heavy atom. The first-order valence-corrected chi connectivity index (χ1v) is 10.6. The molecule has 0 spiro atoms. The van der Waals surface area contributed by atoms with Gasteiger partial charge in [0.1, 0.15) is 11.0 Å². The number of rotatable bonds is 8. The molecule has 29 heavy (non-hydrogen) atoms. The summed E-state index contributed by atoms with van der Waals surface area (Å²) in [4.78, 5) is 23.8. The van der Waals surface area contributed by atoms with Gasteiger partial charge < -0.3 is 26.0 Å². The van der Waals surface area contributed by atoms with E-state index in [0.717, 1.165) is 50.4 Å². The minimum atomic E-state index is -0.582. The van der Waals surface area contributed by atoms with E-state index >= 15 is 0 Å². The lowest BCUT2D eigenvalue weighted by Crippen LogP contribution is -2.44. The number of nitrogens with zero attached hydrogens (tertiary/aromatic N) is 5. The van der Waals surface area contributed by atoms with Crippen LogP contribution in [-0.2, 0) is 11.3 Å². The van der Waals surface area contributed by atoms with Gasteiger partial charge in [-0.15, -0.1) is 0 Å². The average Bonchev–Trinajstić information content (AvgIpc) is 3.37. The molecule has 1 aliphatic heterocycles. The molecule has 3 heterocycles. The van der Waals surface area contributed by atoms with Gasteiger partial charge in [-0.2, -0.15) is 10.1 Å². The zero-order chi connectivity index (χ0) is 20.2. The van der Waals surface area contributed by atoms with Crippen molar-refractivity contribution >= 4 is 28.7 Å². The van der Waals surface area contributed by atoms with Crippen LogP contribution in [-0.4, -0.2) is 71.1 Å². The van der Waals surface area contributed by atoms with Crippen molar-refractivity contribution in [3.05, 3.63) is 5.69 Å². The largest absolute Gasteiger partial charge is 0.380 e. The van der Waals surface area contributed by atoms with Crippen LogP contribution in [0.5, 0.6) is 0 Å². The minimum Gasteiger partial charge on any atom is -0.380 e. The number of nitrogens with one attached hydrogen (secondary N) is 2. The maximum absolute atomic E-state index is 12.1. The van der Waals surface area contributed by atoms with Crippen molar-refractivity contribution in [1.82, 2.24) is 25.1 Å². The number of primary amides is 1. The van der Waals surface area contributed by atoms with Crippen molar-refractivity contribution in [1.29, 1.82) is 0 Å². The van der Waals surface area contributed by atoms with Gasteiger partial charge in [0.05, 0.1) is 13.2 Å². The summed E-state index contributed by atoms with van der Waals surface area (Å²) in [6.07, 6.45) is 4.66. The summed E-state index contributed by atoms with van der Waals surface area (Å²) in [6, 6.07) is 0.372. The van der Waals surface area contributed by atoms with Gasteiger partial charge in [0.25, 0.3) is 5.91 Å². The number of fused-ring (bicyclic) bond motifs is 1. The number of hydrogen-bond acceptors (Lipinski definition) is 8. The van der Waals surface area contributed by atoms with E-state index in [0.29, 0.717) is 37.3 Å². The van der Waals surface area contributed by atoms with Crippen LogP contribution >= 0.6 is 0 Å². The number of nitrogens with two attached hydrogens (primary N) is 1. The Morgan fingerprint density at radius 2 is 2.03 bits per heavy atom. The third-order valence-electron chi connectivity index (χ3n) is 5.56. The molecule has 0 unspecified atom stereocenters. The van der Waals surface area contributed by atoms with Crippen molar-refractivity contribution in [3.8, 4) is 0 Å². The van der Waals surface area contributed by atoms with Crippen LogP contribution in [0.4, 0.5) is 11.8 Å². The maximum Gasteiger partial charge on any atom is 0.271 e. The van der Waals surface area contributed by atoms with E-state index in [1.54, 1.807) is 4.68 Å². The highest BCUT2D eigenvalue weighted by atomic mass is 16.5. The molecule has 0 bridgehead atoms. The second-order valence-corrected chi connectivity index (χ2v) is 7.57. The second-order valence-electron chi connectivity index (χ2n) is 7.57. The summed E-state index contributed by atoms with van der Waals surface area (Å²) in [5, 5.41) is 11.4. The summed E-state index contributed by atoms with van der Waals surface area (Å²) < 4.78 is 7.25. The van der Waals surface area contributed by atoms with Crippen LogP contribution in [0.15, 0.2) is 0 Å². The standard InChI is InChI=1S/C19H30N8O2/c1-2-29-12-11-27-16-14(15(25-27)17(20)28)23-19(26-9-7-21-8-10-26)24-18(16)22-13-5-3-4-6-13/h13,21H,2-12H2,1H3,(H2,20,28)(H,22,23,24). The lowest BCUT2D eigenvalue weighted by atomic mass is 10.2. The van der Waals surface area contributed by atoms with E-state index in [1.807, 2.05) is 6.92 Å². The van der Waals surface area contributed by atoms with E-state index in [1.165, 1.54) is 12.8 Å². The van der Waals surface area contributed by atoms with Gasteiger partial charge in [-0.3, -0.25) is 9.48 Å². The van der Waals surface area contributed by atoms with Crippen molar-refractivity contribution < 1.29 is 9.53 Å². The number of ether oxygens (including phenoxy) is 1. The predicted molar refractivity (Wildman–Crippen MR) is 111 cm³/mol. The molecule has 0 atom stereocenters. The third kappa shape index (κ3) is 4.27. The molecule has 0 radical (unpaired) electrons. The summed E-state index contributed by atoms with van der Waals surface area (Å²) in [5.74, 6) is 0.764. The fourth-order valence-electron chi connectivity index (χ4n) is 4.06. The highest BCUT2D eigenvalue weighted by molar-refractivity contribution is 6.05. The molecular formula is C19H30N8O2. The van der Waals surface area contributed by atoms with Gasteiger partial charge in [-0.25, -0.2) is 4.98 Å². The second kappa shape index (κ2) is 8.91. The molecule has 10 nitrogen and oxygen atoms in total. The monoisotopic (exact) mass is 402 g/mol. The summed E-state index contributed by atoms with van der Waals surface area (Å²) in [6.45, 7) is 6.97. The number of piperazine rings is 1. The molecule has 2 aromatic heterocycles. The molecule has 1 saturated carbocycles. The van der Waals surface area contributed by atoms with Crippen LogP contribution in [0.3, 0.4) is 0 Å². The maximum atomic E-state index is 12.1. The normalized spacial score (nSPS) is 17.9. The van der Waals surface area contributed by atoms with Crippen LogP contribution in [0, 0.1) is 0 Å². The fraction of sp³-hybridized carbons (Fsp3) is 0.684. The van der Waals surface area contributed by atoms with E-state index < -0.39 is 5.91 Å². The molecule has 1 aliphatic carbocycles. The van der Waals surface area contributed by atoms with Crippen LogP contribution in [0.2, 0.25) is 0 Å². The van der Waals surface area contributed by atoms with Gasteiger partial charge >= 0.3 is 0 Å². The highest BCUT2D eigenvalue weighted by Gasteiger charge is 2.26. The van der Waals surface area contributed by atoms with Crippen LogP contribution in [0.1, 0.15) is 43.1 Å². The van der Waals surface area contributed by atoms with E-state index in [-0.39, 0.29) is 5.69 Å². The molecule has 2 aromatic rings. The molecule has 10 heteroatoms. The van der Waals surface area contributed by atoms with Gasteiger partial charge in [0, 0.05) is 38.8 Å². The van der Waals surface area contributed by atoms with Crippen molar-refractivity contribution in [2.45, 2.75) is 45.2 Å². The van der Waals surface area contributed by atoms with Gasteiger partial charge in [0.2, 0.25) is 5.95 Å². The summed E-state index contributed by atoms with van der Waals surface area (Å²) in [7, 11) is 0. The Labute approximate surface area is 170 Å². The Bertz CT molecular complexity index is 856. The number of aromatic nitrogens is 4. The molecule has 4 N–H and O–H groups in total. The zero-order valence-electron chi connectivity index (χ0n) is 17.0. The minimum absolute atomic E-state index is 0.185. The molecular weight excluding hydrogens is 372 g/mol. The third-order valence-corrected chi connectivity index (χ3v) is 5.56. The first-order chi connectivity index (χ1) is 14.2. The Morgan fingerprint density at radius 1 is 1.28 bits per heavy atom. The Hall–Kier alpha value is -2.46. The molecule has 1 saturated heterocycles. The van der Waals surface area contributed by atoms with E-state index in [9.17, 15) is 4.79 Å². The average molecular weight is 403 g/mol. The predicted octanol–water partition coefficient (Wildman–Crippen LogP) is 0.726. The quantitative estimate of drug-likeness (QED) is 0.552. The zero-order valence-corrected chi connectivity index (χ0v) is 17.0. The fourth-order valence-corrected chi connectivity index (χ4v) is 4.06. The number of anilines is 2. The van der Waals surface area contributed by atoms with Crippen molar-refractivity contribution in [2.24, 2.45) is 5.73 Å². The van der Waals surface area contributed by atoms with E-state index in [4.69, 9.17) is 20.4 Å². The number of amides is 1. The first-order valence-electron chi connectivity index (χ1n) is 10.6. The van der Waals surface area contributed by atoms with Gasteiger partial charge in [-0.05, 0) is 19.8 Å². The lowest BCUT2D eigenvalue weighted by Gasteiger charge is -2.28. The van der Waals surface area contributed by atoms with Gasteiger partial charge in [-0.1, -0.05) is 12.8 Å². The SMILES string of the molecule is CCOCCn1nc(C(N)=O)c2nc(N3CCNCC3)nc(NC3CCCC3)c21. The molecule has 2 fully saturated rings. The Kier molecular flexibility index (Phi) is 6.10. The topological polar surface area (TPSA) is 123 Å². The molecule has 158 valence electrons. The summed E-state index contributed by atoms with van der Waals surface area (Å²) >= 11 is 0. The van der Waals surface area contributed by atoms with Gasteiger partial charge in [0.15, 0.2) is 11.5 Å². The number of carbonyl (C=O) groups is 1. The van der Waals surface area contributed by atoms with Crippen molar-refractivity contribution in [2.75, 3.05) is 49.6 Å². The van der Waals surface area contributed by atoms with Crippen LogP contribution in [0.25, 0.3) is 11.0 Å². The molecule has 4 rings (SSSR count). The number of hydrogen-bond donors (Lipinski definition) is 3. The Balaban J connectivity index is 1.79. The van der Waals surface area contributed by atoms with Crippen molar-refractivity contribution in [3.63, 3.8) is 0 Å². The highest BCUT2D eigenvalue weighted by Crippen LogP contribution is 2.29. The number of carbonyl (C=O) groups excluding carboxylic acids is 1. The smallest absolute Gasteiger partial charge is 0.271 e. The van der Waals surface area contributed by atoms with E-state index in [2.05, 4.69) is 20.6 Å². The lowest BCUT2D eigenvalue weighted by molar-refractivity contribution is 0.0994. The van der Waals surface area contributed by atoms with Crippen LogP contribution < -0.4 is 21.3 Å². The molecule has 1 amide bonds. The summed E-state index contributed by atoms with van der Waals surface area (Å²) in [5.41, 5.74) is 7.06. The molecule has 0 aromatic carbocycles. The molecule has 2 aliphatic rings.